The lowest BCUT2D eigenvalue weighted by Crippen LogP contribution is -2.32. The lowest BCUT2D eigenvalue weighted by atomic mass is 9.94. The summed E-state index contributed by atoms with van der Waals surface area (Å²) in [6.07, 6.45) is 0. The second-order valence-corrected chi connectivity index (χ2v) is 7.85. The topological polar surface area (TPSA) is 119 Å². The molecular weight excluding hydrogens is 438 g/mol. The van der Waals surface area contributed by atoms with Crippen LogP contribution in [0.2, 0.25) is 0 Å². The molecule has 0 radical (unpaired) electrons. The molecule has 1 atom stereocenters. The second kappa shape index (κ2) is 9.53. The quantitative estimate of drug-likeness (QED) is 0.236. The molecule has 0 saturated heterocycles. The van der Waals surface area contributed by atoms with Crippen LogP contribution in [0.5, 0.6) is 0 Å². The molecule has 172 valence electrons. The Bertz CT molecular complexity index is 1270. The number of anilines is 2. The SMILES string of the molecule is CN(CC(=O)C1C(=O)Nc2ccc(C(=O)OCc3ccccc3)cc21)c1ccccc1[N+](=O)[O-]. The van der Waals surface area contributed by atoms with Gasteiger partial charge < -0.3 is 15.0 Å². The number of para-hydroxylation sites is 2. The highest BCUT2D eigenvalue weighted by atomic mass is 16.6. The van der Waals surface area contributed by atoms with Gasteiger partial charge in [-0.25, -0.2) is 4.79 Å². The van der Waals surface area contributed by atoms with Crippen LogP contribution in [0.3, 0.4) is 0 Å². The number of carbonyl (C=O) groups excluding carboxylic acids is 3. The zero-order chi connectivity index (χ0) is 24.2. The molecule has 0 bridgehead atoms. The predicted octanol–water partition coefficient (Wildman–Crippen LogP) is 3.69. The van der Waals surface area contributed by atoms with E-state index in [-0.39, 0.29) is 30.1 Å². The van der Waals surface area contributed by atoms with Gasteiger partial charge in [-0.05, 0) is 35.4 Å². The zero-order valence-electron chi connectivity index (χ0n) is 18.3. The summed E-state index contributed by atoms with van der Waals surface area (Å²) in [7, 11) is 1.55. The van der Waals surface area contributed by atoms with Crippen molar-refractivity contribution in [3.63, 3.8) is 0 Å². The van der Waals surface area contributed by atoms with Crippen molar-refractivity contribution >= 4 is 34.7 Å². The maximum absolute atomic E-state index is 13.1. The number of amides is 1. The van der Waals surface area contributed by atoms with Gasteiger partial charge in [-0.15, -0.1) is 0 Å². The fourth-order valence-corrected chi connectivity index (χ4v) is 3.87. The summed E-state index contributed by atoms with van der Waals surface area (Å²) in [6, 6.07) is 19.8. The Kier molecular flexibility index (Phi) is 6.35. The van der Waals surface area contributed by atoms with Gasteiger partial charge >= 0.3 is 5.97 Å². The van der Waals surface area contributed by atoms with E-state index >= 15 is 0 Å². The molecule has 1 N–H and O–H groups in total. The highest BCUT2D eigenvalue weighted by Gasteiger charge is 2.37. The van der Waals surface area contributed by atoms with Gasteiger partial charge in [0.25, 0.3) is 5.69 Å². The molecule has 4 rings (SSSR count). The predicted molar refractivity (Wildman–Crippen MR) is 125 cm³/mol. The summed E-state index contributed by atoms with van der Waals surface area (Å²) in [4.78, 5) is 50.4. The Labute approximate surface area is 195 Å². The van der Waals surface area contributed by atoms with E-state index in [4.69, 9.17) is 4.74 Å². The van der Waals surface area contributed by atoms with Gasteiger partial charge in [-0.3, -0.25) is 19.7 Å². The van der Waals surface area contributed by atoms with E-state index in [1.54, 1.807) is 19.2 Å². The molecule has 0 aromatic heterocycles. The van der Waals surface area contributed by atoms with Crippen molar-refractivity contribution < 1.29 is 24.0 Å². The van der Waals surface area contributed by atoms with Gasteiger partial charge in [-0.1, -0.05) is 42.5 Å². The molecule has 9 nitrogen and oxygen atoms in total. The van der Waals surface area contributed by atoms with Crippen molar-refractivity contribution in [1.82, 2.24) is 0 Å². The number of nitrogens with one attached hydrogen (secondary N) is 1. The Hall–Kier alpha value is -4.53. The van der Waals surface area contributed by atoms with E-state index in [9.17, 15) is 24.5 Å². The highest BCUT2D eigenvalue weighted by Crippen LogP contribution is 2.35. The van der Waals surface area contributed by atoms with E-state index in [1.807, 2.05) is 30.3 Å². The van der Waals surface area contributed by atoms with Crippen LogP contribution in [0.1, 0.15) is 27.4 Å². The minimum Gasteiger partial charge on any atom is -0.457 e. The monoisotopic (exact) mass is 459 g/mol. The number of carbonyl (C=O) groups is 3. The fraction of sp³-hybridized carbons (Fsp3) is 0.160. The smallest absolute Gasteiger partial charge is 0.338 e. The molecular formula is C25H21N3O6. The first-order valence-electron chi connectivity index (χ1n) is 10.5. The molecule has 1 unspecified atom stereocenters. The van der Waals surface area contributed by atoms with Gasteiger partial charge in [0.1, 0.15) is 18.2 Å². The normalized spacial score (nSPS) is 14.1. The number of Topliss-reactive ketones (excluding diaryl/α,β-unsaturated/α-hetero) is 1. The van der Waals surface area contributed by atoms with Crippen molar-refractivity contribution in [2.24, 2.45) is 0 Å². The first kappa shape index (κ1) is 22.7. The number of rotatable bonds is 8. The summed E-state index contributed by atoms with van der Waals surface area (Å²) >= 11 is 0. The first-order valence-corrected chi connectivity index (χ1v) is 10.5. The van der Waals surface area contributed by atoms with Crippen LogP contribution in [0, 0.1) is 10.1 Å². The number of likely N-dealkylation sites (N-methyl/N-ethyl adjacent to an activating group) is 1. The number of nitro groups is 1. The third-order valence-electron chi connectivity index (χ3n) is 5.54. The number of esters is 1. The molecule has 1 heterocycles. The standard InChI is InChI=1S/C25H21N3O6/c1-27(20-9-5-6-10-21(20)28(32)33)14-22(29)23-18-13-17(11-12-19(18)26-24(23)30)25(31)34-15-16-7-3-2-4-8-16/h2-13,23H,14-15H2,1H3,(H,26,30). The Morgan fingerprint density at radius 2 is 1.76 bits per heavy atom. The average Bonchev–Trinajstić information content (AvgIpc) is 3.18. The molecule has 0 fully saturated rings. The van der Waals surface area contributed by atoms with Gasteiger partial charge in [0, 0.05) is 18.8 Å². The van der Waals surface area contributed by atoms with Gasteiger partial charge in [0.15, 0.2) is 5.78 Å². The van der Waals surface area contributed by atoms with E-state index in [0.29, 0.717) is 11.3 Å². The van der Waals surface area contributed by atoms with E-state index in [2.05, 4.69) is 5.32 Å². The molecule has 1 aliphatic rings. The Balaban J connectivity index is 1.51. The largest absolute Gasteiger partial charge is 0.457 e. The van der Waals surface area contributed by atoms with Gasteiger partial charge in [0.2, 0.25) is 5.91 Å². The Morgan fingerprint density at radius 1 is 1.06 bits per heavy atom. The maximum Gasteiger partial charge on any atom is 0.338 e. The zero-order valence-corrected chi connectivity index (χ0v) is 18.3. The van der Waals surface area contributed by atoms with Crippen LogP contribution in [-0.4, -0.2) is 36.2 Å². The van der Waals surface area contributed by atoms with Crippen molar-refractivity contribution in [2.75, 3.05) is 23.8 Å². The van der Waals surface area contributed by atoms with E-state index in [0.717, 1.165) is 5.56 Å². The number of benzene rings is 3. The summed E-state index contributed by atoms with van der Waals surface area (Å²) in [5.41, 5.74) is 1.99. The number of hydrogen-bond acceptors (Lipinski definition) is 7. The fourth-order valence-electron chi connectivity index (χ4n) is 3.87. The lowest BCUT2D eigenvalue weighted by molar-refractivity contribution is -0.384. The maximum atomic E-state index is 13.1. The highest BCUT2D eigenvalue weighted by molar-refractivity contribution is 6.18. The van der Waals surface area contributed by atoms with E-state index < -0.39 is 28.5 Å². The molecule has 0 spiro atoms. The van der Waals surface area contributed by atoms with Crippen molar-refractivity contribution in [3.8, 4) is 0 Å². The first-order chi connectivity index (χ1) is 16.3. The number of ether oxygens (including phenoxy) is 1. The van der Waals surface area contributed by atoms with Crippen LogP contribution >= 0.6 is 0 Å². The third-order valence-corrected chi connectivity index (χ3v) is 5.54. The van der Waals surface area contributed by atoms with Crippen molar-refractivity contribution in [1.29, 1.82) is 0 Å². The number of fused-ring (bicyclic) bond motifs is 1. The van der Waals surface area contributed by atoms with Crippen molar-refractivity contribution in [2.45, 2.75) is 12.5 Å². The summed E-state index contributed by atoms with van der Waals surface area (Å²) in [5, 5.41) is 14.0. The van der Waals surface area contributed by atoms with E-state index in [1.165, 1.54) is 35.2 Å². The average molecular weight is 459 g/mol. The molecule has 3 aromatic carbocycles. The molecule has 1 amide bonds. The lowest BCUT2D eigenvalue weighted by Gasteiger charge is -2.20. The third kappa shape index (κ3) is 4.63. The van der Waals surface area contributed by atoms with Gasteiger partial charge in [0.05, 0.1) is 17.0 Å². The van der Waals surface area contributed by atoms with Crippen LogP contribution in [0.15, 0.2) is 72.8 Å². The van der Waals surface area contributed by atoms with Crippen LogP contribution < -0.4 is 10.2 Å². The number of hydrogen-bond donors (Lipinski definition) is 1. The summed E-state index contributed by atoms with van der Waals surface area (Å²) in [5.74, 6) is -2.67. The van der Waals surface area contributed by atoms with Crippen molar-refractivity contribution in [3.05, 3.63) is 99.6 Å². The molecule has 9 heteroatoms. The van der Waals surface area contributed by atoms with Crippen LogP contribution in [0.4, 0.5) is 17.1 Å². The molecule has 34 heavy (non-hydrogen) atoms. The van der Waals surface area contributed by atoms with Crippen LogP contribution in [0.25, 0.3) is 0 Å². The minimum atomic E-state index is -1.14. The van der Waals surface area contributed by atoms with Crippen LogP contribution in [-0.2, 0) is 20.9 Å². The number of ketones is 1. The summed E-state index contributed by atoms with van der Waals surface area (Å²) < 4.78 is 5.35. The molecule has 0 aliphatic carbocycles. The Morgan fingerprint density at radius 3 is 2.50 bits per heavy atom. The minimum absolute atomic E-state index is 0.0942. The van der Waals surface area contributed by atoms with Gasteiger partial charge in [-0.2, -0.15) is 0 Å². The second-order valence-electron chi connectivity index (χ2n) is 7.85. The molecule has 3 aromatic rings. The molecule has 1 aliphatic heterocycles. The molecule has 0 saturated carbocycles. The number of nitro benzene ring substituents is 1. The number of nitrogens with zero attached hydrogens (tertiary/aromatic N) is 2. The summed E-state index contributed by atoms with van der Waals surface area (Å²) in [6.45, 7) is -0.137.